The molecule has 5 atom stereocenters. The molecule has 208 valence electrons. The summed E-state index contributed by atoms with van der Waals surface area (Å²) in [4.78, 5) is 13.7. The predicted octanol–water partition coefficient (Wildman–Crippen LogP) is 3.78. The molecule has 0 radical (unpaired) electrons. The highest BCUT2D eigenvalue weighted by Gasteiger charge is 2.44. The fourth-order valence-electron chi connectivity index (χ4n) is 4.74. The number of aliphatic hydroxyl groups excluding tert-OH is 3. The molecule has 0 aromatic heterocycles. The van der Waals surface area contributed by atoms with Crippen LogP contribution in [-0.2, 0) is 15.9 Å². The van der Waals surface area contributed by atoms with Gasteiger partial charge in [0.15, 0.2) is 0 Å². The van der Waals surface area contributed by atoms with E-state index in [-0.39, 0.29) is 6.54 Å². The van der Waals surface area contributed by atoms with E-state index in [1.807, 2.05) is 43.3 Å². The summed E-state index contributed by atoms with van der Waals surface area (Å²) in [6.07, 6.45) is -5.25. The Morgan fingerprint density at radius 3 is 2.44 bits per heavy atom. The number of aliphatic hydroxyl groups is 3. The molecule has 1 saturated heterocycles. The number of hydrogen-bond acceptors (Lipinski definition) is 8. The number of carbonyl (C=O) groups is 1. The Labute approximate surface area is 233 Å². The van der Waals surface area contributed by atoms with Crippen LogP contribution < -0.4 is 9.64 Å². The average molecular weight is 556 g/mol. The number of likely N-dealkylation sites (N-methyl/N-ethyl adjacent to an activating group) is 1. The highest BCUT2D eigenvalue weighted by atomic mass is 35.5. The lowest BCUT2D eigenvalue weighted by atomic mass is 9.89. The van der Waals surface area contributed by atoms with Crippen molar-refractivity contribution in [2.75, 3.05) is 32.2 Å². The van der Waals surface area contributed by atoms with Crippen LogP contribution in [0.1, 0.15) is 40.1 Å². The van der Waals surface area contributed by atoms with Crippen LogP contribution in [0.2, 0.25) is 5.02 Å². The number of carbonyl (C=O) groups excluding carboxylic acids is 1. The molecular formula is C30H34ClNO7. The fraction of sp³-hybridized carbons (Fsp3) is 0.367. The van der Waals surface area contributed by atoms with Gasteiger partial charge in [0.05, 0.1) is 19.3 Å². The van der Waals surface area contributed by atoms with Crippen LogP contribution in [0.3, 0.4) is 0 Å². The Kier molecular flexibility index (Phi) is 9.48. The third-order valence-electron chi connectivity index (χ3n) is 6.90. The van der Waals surface area contributed by atoms with Crippen molar-refractivity contribution < 1.29 is 34.3 Å². The first-order valence-corrected chi connectivity index (χ1v) is 13.2. The van der Waals surface area contributed by atoms with Crippen LogP contribution in [-0.4, -0.2) is 73.0 Å². The maximum atomic E-state index is 11.9. The first-order valence-electron chi connectivity index (χ1n) is 12.8. The smallest absolute Gasteiger partial charge is 0.337 e. The quantitative estimate of drug-likeness (QED) is 0.342. The van der Waals surface area contributed by atoms with Gasteiger partial charge in [-0.2, -0.15) is 0 Å². The standard InChI is InChI=1S/C30H34ClNO7/c1-4-38-23-11-8-18(9-12-23)14-21-15-19(10-13-24(21)31)29-28(35)27(34)26(33)25(39-29)17-32(2)22-7-5-6-20(16-22)30(36)37-3/h5-13,15-16,25-29,33-35H,4,14,17H2,1-3H3. The molecule has 4 rings (SSSR count). The highest BCUT2D eigenvalue weighted by molar-refractivity contribution is 6.31. The second-order valence-electron chi connectivity index (χ2n) is 9.59. The summed E-state index contributed by atoms with van der Waals surface area (Å²) >= 11 is 6.51. The maximum Gasteiger partial charge on any atom is 0.337 e. The number of nitrogens with zero attached hydrogens (tertiary/aromatic N) is 1. The Morgan fingerprint density at radius 1 is 1.00 bits per heavy atom. The van der Waals surface area contributed by atoms with Gasteiger partial charge in [-0.3, -0.25) is 0 Å². The Hall–Kier alpha value is -3.14. The molecule has 3 aromatic carbocycles. The molecule has 1 aliphatic heterocycles. The molecule has 1 aliphatic rings. The highest BCUT2D eigenvalue weighted by Crippen LogP contribution is 2.35. The molecule has 0 aliphatic carbocycles. The summed E-state index contributed by atoms with van der Waals surface area (Å²) in [6.45, 7) is 2.72. The molecule has 39 heavy (non-hydrogen) atoms. The zero-order valence-electron chi connectivity index (χ0n) is 22.2. The van der Waals surface area contributed by atoms with Gasteiger partial charge >= 0.3 is 5.97 Å². The van der Waals surface area contributed by atoms with E-state index in [1.54, 1.807) is 42.3 Å². The number of ether oxygens (including phenoxy) is 3. The zero-order chi connectivity index (χ0) is 28.1. The first-order chi connectivity index (χ1) is 18.7. The van der Waals surface area contributed by atoms with E-state index in [0.29, 0.717) is 34.9 Å². The van der Waals surface area contributed by atoms with Gasteiger partial charge in [0, 0.05) is 24.3 Å². The van der Waals surface area contributed by atoms with E-state index in [0.717, 1.165) is 16.9 Å². The largest absolute Gasteiger partial charge is 0.494 e. The van der Waals surface area contributed by atoms with E-state index in [1.165, 1.54) is 7.11 Å². The summed E-state index contributed by atoms with van der Waals surface area (Å²) in [6, 6.07) is 20.0. The van der Waals surface area contributed by atoms with Crippen molar-refractivity contribution in [3.05, 3.63) is 94.0 Å². The minimum atomic E-state index is -1.42. The lowest BCUT2D eigenvalue weighted by molar-refractivity contribution is -0.221. The molecule has 1 heterocycles. The minimum absolute atomic E-state index is 0.193. The van der Waals surface area contributed by atoms with Crippen molar-refractivity contribution in [3.8, 4) is 5.75 Å². The second kappa shape index (κ2) is 12.8. The Balaban J connectivity index is 1.53. The van der Waals surface area contributed by atoms with E-state index >= 15 is 0 Å². The van der Waals surface area contributed by atoms with Gasteiger partial charge in [-0.25, -0.2) is 4.79 Å². The topological polar surface area (TPSA) is 109 Å². The molecule has 0 amide bonds. The summed E-state index contributed by atoms with van der Waals surface area (Å²) in [5, 5.41) is 32.9. The zero-order valence-corrected chi connectivity index (χ0v) is 22.9. The van der Waals surface area contributed by atoms with E-state index in [2.05, 4.69) is 0 Å². The molecule has 8 nitrogen and oxygen atoms in total. The van der Waals surface area contributed by atoms with Crippen LogP contribution >= 0.6 is 11.6 Å². The molecule has 0 bridgehead atoms. The number of esters is 1. The van der Waals surface area contributed by atoms with Crippen molar-refractivity contribution in [1.29, 1.82) is 0 Å². The van der Waals surface area contributed by atoms with Gasteiger partial charge in [-0.1, -0.05) is 41.9 Å². The summed E-state index contributed by atoms with van der Waals surface area (Å²) in [5.74, 6) is 0.335. The fourth-order valence-corrected chi connectivity index (χ4v) is 4.92. The number of hydrogen-bond donors (Lipinski definition) is 3. The Morgan fingerprint density at radius 2 is 1.74 bits per heavy atom. The van der Waals surface area contributed by atoms with Crippen molar-refractivity contribution >= 4 is 23.3 Å². The van der Waals surface area contributed by atoms with Gasteiger partial charge in [0.25, 0.3) is 0 Å². The number of halogens is 1. The lowest BCUT2D eigenvalue weighted by Crippen LogP contribution is -2.57. The molecule has 3 aromatic rings. The molecule has 0 spiro atoms. The van der Waals surface area contributed by atoms with Gasteiger partial charge in [-0.05, 0) is 66.4 Å². The van der Waals surface area contributed by atoms with Crippen LogP contribution in [0, 0.1) is 0 Å². The third-order valence-corrected chi connectivity index (χ3v) is 7.27. The number of anilines is 1. The van der Waals surface area contributed by atoms with Crippen LogP contribution in [0.15, 0.2) is 66.7 Å². The predicted molar refractivity (Wildman–Crippen MR) is 149 cm³/mol. The second-order valence-corrected chi connectivity index (χ2v) is 10.0. The SMILES string of the molecule is CCOc1ccc(Cc2cc(C3OC(CN(C)c4cccc(C(=O)OC)c4)C(O)C(O)C3O)ccc2Cl)cc1. The van der Waals surface area contributed by atoms with Gasteiger partial charge in [0.2, 0.25) is 0 Å². The normalized spacial score (nSPS) is 22.8. The molecule has 3 N–H and O–H groups in total. The lowest BCUT2D eigenvalue weighted by Gasteiger charge is -2.42. The summed E-state index contributed by atoms with van der Waals surface area (Å²) in [5.41, 5.74) is 3.60. The van der Waals surface area contributed by atoms with Crippen molar-refractivity contribution in [1.82, 2.24) is 0 Å². The molecule has 5 unspecified atom stereocenters. The molecular weight excluding hydrogens is 522 g/mol. The first kappa shape index (κ1) is 28.9. The number of benzene rings is 3. The maximum absolute atomic E-state index is 11.9. The Bertz CT molecular complexity index is 1270. The van der Waals surface area contributed by atoms with Crippen LogP contribution in [0.25, 0.3) is 0 Å². The number of methoxy groups -OCH3 is 1. The van der Waals surface area contributed by atoms with Gasteiger partial charge in [0.1, 0.15) is 36.3 Å². The van der Waals surface area contributed by atoms with Crippen molar-refractivity contribution in [3.63, 3.8) is 0 Å². The third kappa shape index (κ3) is 6.72. The van der Waals surface area contributed by atoms with E-state index in [9.17, 15) is 20.1 Å². The minimum Gasteiger partial charge on any atom is -0.494 e. The van der Waals surface area contributed by atoms with Crippen molar-refractivity contribution in [2.45, 2.75) is 43.9 Å². The molecule has 9 heteroatoms. The molecule has 1 fully saturated rings. The molecule has 0 saturated carbocycles. The van der Waals surface area contributed by atoms with Crippen LogP contribution in [0.4, 0.5) is 5.69 Å². The summed E-state index contributed by atoms with van der Waals surface area (Å²) < 4.78 is 16.5. The average Bonchev–Trinajstić information content (AvgIpc) is 2.95. The monoisotopic (exact) mass is 555 g/mol. The van der Waals surface area contributed by atoms with E-state index in [4.69, 9.17) is 25.8 Å². The summed E-state index contributed by atoms with van der Waals surface area (Å²) in [7, 11) is 3.11. The van der Waals surface area contributed by atoms with Crippen LogP contribution in [0.5, 0.6) is 5.75 Å². The van der Waals surface area contributed by atoms with Gasteiger partial charge in [-0.15, -0.1) is 0 Å². The van der Waals surface area contributed by atoms with E-state index < -0.39 is 36.5 Å². The number of rotatable bonds is 9. The van der Waals surface area contributed by atoms with Crippen molar-refractivity contribution in [2.24, 2.45) is 0 Å². The van der Waals surface area contributed by atoms with Gasteiger partial charge < -0.3 is 34.4 Å².